The van der Waals surface area contributed by atoms with Crippen LogP contribution in [0, 0.1) is 0 Å². The lowest BCUT2D eigenvalue weighted by molar-refractivity contribution is -0.288. The van der Waals surface area contributed by atoms with Gasteiger partial charge in [0.2, 0.25) is 17.8 Å². The van der Waals surface area contributed by atoms with Crippen molar-refractivity contribution >= 4 is 57.8 Å². The molecule has 1 saturated heterocycles. The second-order valence-corrected chi connectivity index (χ2v) is 10.6. The minimum Gasteiger partial charge on any atom is -0.496 e. The molecule has 262 valence electrons. The number of esters is 6. The Morgan fingerprint density at radius 3 is 1.82 bits per heavy atom. The van der Waals surface area contributed by atoms with Crippen LogP contribution in [0.25, 0.3) is 21.9 Å². The first-order valence-corrected chi connectivity index (χ1v) is 14.5. The number of methoxy groups -OCH3 is 1. The van der Waals surface area contributed by atoms with Gasteiger partial charge in [-0.3, -0.25) is 33.6 Å². The molecule has 1 aliphatic heterocycles. The lowest BCUT2D eigenvalue weighted by atomic mass is 9.98. The van der Waals surface area contributed by atoms with Crippen LogP contribution in [0.4, 0.5) is 0 Å². The maximum Gasteiger partial charge on any atom is 0.308 e. The van der Waals surface area contributed by atoms with Crippen LogP contribution in [0.2, 0.25) is 0 Å². The van der Waals surface area contributed by atoms with Gasteiger partial charge < -0.3 is 47.0 Å². The molecular weight excluding hydrogens is 656 g/mol. The van der Waals surface area contributed by atoms with Gasteiger partial charge in [-0.15, -0.1) is 0 Å². The van der Waals surface area contributed by atoms with Crippen molar-refractivity contribution in [3.05, 3.63) is 34.5 Å². The quantitative estimate of drug-likeness (QED) is 0.129. The highest BCUT2D eigenvalue weighted by Gasteiger charge is 2.53. The predicted molar refractivity (Wildman–Crippen MR) is 162 cm³/mol. The molecule has 17 nitrogen and oxygen atoms in total. The van der Waals surface area contributed by atoms with Crippen molar-refractivity contribution in [1.82, 2.24) is 0 Å². The van der Waals surface area contributed by atoms with Crippen molar-refractivity contribution in [2.75, 3.05) is 13.7 Å². The van der Waals surface area contributed by atoms with Gasteiger partial charge in [-0.25, -0.2) is 0 Å². The van der Waals surface area contributed by atoms with E-state index < -0.39 is 78.6 Å². The highest BCUT2D eigenvalue weighted by atomic mass is 16.7. The van der Waals surface area contributed by atoms with Gasteiger partial charge in [0.05, 0.1) is 7.11 Å². The maximum absolute atomic E-state index is 14.1. The van der Waals surface area contributed by atoms with Crippen molar-refractivity contribution < 1.29 is 75.8 Å². The number of carbonyl (C=O) groups is 6. The fourth-order valence-corrected chi connectivity index (χ4v) is 5.06. The van der Waals surface area contributed by atoms with Crippen LogP contribution in [-0.4, -0.2) is 80.2 Å². The van der Waals surface area contributed by atoms with Gasteiger partial charge in [-0.2, -0.15) is 0 Å². The summed E-state index contributed by atoms with van der Waals surface area (Å²) in [6.45, 7) is 6.00. The second-order valence-electron chi connectivity index (χ2n) is 10.6. The molecule has 2 aromatic carbocycles. The predicted octanol–water partition coefficient (Wildman–Crippen LogP) is 2.27. The molecule has 1 aromatic heterocycles. The molecule has 3 aromatic rings. The summed E-state index contributed by atoms with van der Waals surface area (Å²) in [6, 6.07) is 5.08. The number of rotatable bonds is 10. The van der Waals surface area contributed by atoms with Crippen molar-refractivity contribution in [1.29, 1.82) is 0 Å². The summed E-state index contributed by atoms with van der Waals surface area (Å²) < 4.78 is 55.4. The largest absolute Gasteiger partial charge is 0.496 e. The molecule has 49 heavy (non-hydrogen) atoms. The normalized spacial score (nSPS) is 20.1. The van der Waals surface area contributed by atoms with Gasteiger partial charge in [0.1, 0.15) is 46.3 Å². The van der Waals surface area contributed by atoms with Gasteiger partial charge in [0, 0.05) is 53.7 Å². The molecule has 1 aliphatic rings. The van der Waals surface area contributed by atoms with E-state index in [-0.39, 0.29) is 44.9 Å². The second kappa shape index (κ2) is 15.0. The molecule has 0 N–H and O–H groups in total. The summed E-state index contributed by atoms with van der Waals surface area (Å²) in [5.41, 5.74) is -1.26. The van der Waals surface area contributed by atoms with Gasteiger partial charge in [0.15, 0.2) is 23.5 Å². The molecule has 2 heterocycles. The zero-order chi connectivity index (χ0) is 36.2. The van der Waals surface area contributed by atoms with Crippen LogP contribution >= 0.6 is 0 Å². The molecule has 0 unspecified atom stereocenters. The minimum absolute atomic E-state index is 0.139. The van der Waals surface area contributed by atoms with Crippen molar-refractivity contribution in [2.45, 2.75) is 72.2 Å². The van der Waals surface area contributed by atoms with Crippen molar-refractivity contribution in [3.63, 3.8) is 0 Å². The van der Waals surface area contributed by atoms with E-state index >= 15 is 0 Å². The Labute approximate surface area is 277 Å². The van der Waals surface area contributed by atoms with Crippen LogP contribution < -0.4 is 24.4 Å². The topological polar surface area (TPSA) is 216 Å². The molecule has 4 rings (SSSR count). The first kappa shape index (κ1) is 36.1. The smallest absolute Gasteiger partial charge is 0.308 e. The third-order valence-corrected chi connectivity index (χ3v) is 6.72. The molecule has 0 saturated carbocycles. The van der Waals surface area contributed by atoms with Crippen LogP contribution in [0.5, 0.6) is 23.0 Å². The third kappa shape index (κ3) is 8.42. The summed E-state index contributed by atoms with van der Waals surface area (Å²) in [4.78, 5) is 86.2. The monoisotopic (exact) mass is 688 g/mol. The molecule has 0 radical (unpaired) electrons. The lowest BCUT2D eigenvalue weighted by Gasteiger charge is -2.43. The first-order valence-electron chi connectivity index (χ1n) is 14.5. The number of benzene rings is 2. The molecule has 0 bridgehead atoms. The molecule has 0 spiro atoms. The molecule has 5 atom stereocenters. The summed E-state index contributed by atoms with van der Waals surface area (Å²) in [5.74, 6) is -5.41. The number of fused-ring (bicyclic) bond motifs is 2. The Bertz CT molecular complexity index is 1870. The van der Waals surface area contributed by atoms with Gasteiger partial charge in [-0.05, 0) is 12.1 Å². The van der Waals surface area contributed by atoms with Crippen molar-refractivity contribution in [3.8, 4) is 23.0 Å². The van der Waals surface area contributed by atoms with Crippen LogP contribution in [-0.2, 0) is 52.5 Å². The number of ether oxygens (including phenoxy) is 9. The average molecular weight is 689 g/mol. The number of hydrogen-bond donors (Lipinski definition) is 0. The summed E-state index contributed by atoms with van der Waals surface area (Å²) in [6.07, 6.45) is -7.68. The molecular formula is C32H32O17. The zero-order valence-electron chi connectivity index (χ0n) is 27.3. The zero-order valence-corrected chi connectivity index (χ0v) is 27.3. The van der Waals surface area contributed by atoms with E-state index in [4.69, 9.17) is 47.0 Å². The summed E-state index contributed by atoms with van der Waals surface area (Å²) in [7, 11) is 1.33. The highest BCUT2D eigenvalue weighted by molar-refractivity contribution is 6.00. The van der Waals surface area contributed by atoms with E-state index in [2.05, 4.69) is 0 Å². The molecule has 17 heteroatoms. The Balaban J connectivity index is 1.96. The molecule has 0 amide bonds. The van der Waals surface area contributed by atoms with E-state index in [0.717, 1.165) is 41.5 Å². The van der Waals surface area contributed by atoms with Gasteiger partial charge in [-0.1, -0.05) is 0 Å². The summed E-state index contributed by atoms with van der Waals surface area (Å²) >= 11 is 0. The van der Waals surface area contributed by atoms with E-state index in [9.17, 15) is 33.6 Å². The Kier molecular flexibility index (Phi) is 11.1. The fraction of sp³-hybridized carbons (Fsp3) is 0.406. The highest BCUT2D eigenvalue weighted by Crippen LogP contribution is 2.39. The number of hydrogen-bond acceptors (Lipinski definition) is 17. The average Bonchev–Trinajstić information content (AvgIpc) is 2.98. The van der Waals surface area contributed by atoms with E-state index in [1.807, 2.05) is 0 Å². The molecule has 0 aliphatic carbocycles. The van der Waals surface area contributed by atoms with Crippen LogP contribution in [0.1, 0.15) is 41.5 Å². The van der Waals surface area contributed by atoms with Crippen molar-refractivity contribution in [2.24, 2.45) is 0 Å². The maximum atomic E-state index is 14.1. The number of carbonyl (C=O) groups excluding carboxylic acids is 6. The molecule has 1 fully saturated rings. The first-order chi connectivity index (χ1) is 23.1. The SMILES string of the molecule is COc1cc(OC(C)=O)c2c(=O)c3c(OC(C)=O)ccc(O[C@@H]4O[C@H](COC(C)=O)[C@@H](OC(C)=O)[C@H](OC(C)=O)[C@H]4OC(C)=O)c3oc2c1. The Morgan fingerprint density at radius 2 is 1.24 bits per heavy atom. The minimum atomic E-state index is -1.70. The van der Waals surface area contributed by atoms with Crippen LogP contribution in [0.3, 0.4) is 0 Å². The Hall–Kier alpha value is -5.71. The van der Waals surface area contributed by atoms with E-state index in [1.54, 1.807) is 0 Å². The third-order valence-electron chi connectivity index (χ3n) is 6.72. The van der Waals surface area contributed by atoms with E-state index in [1.165, 1.54) is 31.4 Å². The fourth-order valence-electron chi connectivity index (χ4n) is 5.06. The van der Waals surface area contributed by atoms with E-state index in [0.29, 0.717) is 0 Å². The van der Waals surface area contributed by atoms with Crippen LogP contribution in [0.15, 0.2) is 33.5 Å². The summed E-state index contributed by atoms with van der Waals surface area (Å²) in [5, 5.41) is -0.536. The van der Waals surface area contributed by atoms with Gasteiger partial charge >= 0.3 is 35.8 Å². The standard InChI is InChI=1S/C32H32O17/c1-13(33)41-12-24-29(44-16(4)36)30(45-17(5)37)31(46-18(6)38)32(49-24)48-21-9-8-20(42-14(2)34)26-27(39)25-22(43-15(3)35)10-19(40-7)11-23(25)47-28(21)26/h8-11,24,29-32H,12H2,1-7H3/t24-,29-,30+,31-,32-/m1/s1. The van der Waals surface area contributed by atoms with Gasteiger partial charge in [0.25, 0.3) is 0 Å². The Morgan fingerprint density at radius 1 is 0.673 bits per heavy atom. The lowest BCUT2D eigenvalue weighted by Crippen LogP contribution is -2.63.